The molecule has 6 nitrogen and oxygen atoms in total. The maximum Gasteiger partial charge on any atom is 0.253 e. The topological polar surface area (TPSA) is 67.6 Å². The monoisotopic (exact) mass is 402 g/mol. The van der Waals surface area contributed by atoms with Crippen molar-refractivity contribution in [1.82, 2.24) is 14.7 Å². The van der Waals surface area contributed by atoms with Crippen LogP contribution in [0, 0.1) is 5.41 Å². The van der Waals surface area contributed by atoms with Gasteiger partial charge in [-0.25, -0.2) is 0 Å². The van der Waals surface area contributed by atoms with Gasteiger partial charge in [0.1, 0.15) is 5.69 Å². The first-order valence-corrected chi connectivity index (χ1v) is 11.1. The van der Waals surface area contributed by atoms with Gasteiger partial charge in [0.25, 0.3) is 5.91 Å². The molecule has 6 rings (SSSR count). The third-order valence-corrected chi connectivity index (χ3v) is 7.65. The summed E-state index contributed by atoms with van der Waals surface area (Å²) in [4.78, 5) is 32.4. The molecule has 2 fully saturated rings. The van der Waals surface area contributed by atoms with E-state index in [2.05, 4.69) is 10.1 Å². The number of likely N-dealkylation sites (tertiary alicyclic amines) is 1. The van der Waals surface area contributed by atoms with Crippen LogP contribution in [0.4, 0.5) is 0 Å². The number of carbonyl (C=O) groups excluding carboxylic acids is 2. The fourth-order valence-electron chi connectivity index (χ4n) is 5.59. The molecule has 0 N–H and O–H groups in total. The molecule has 0 radical (unpaired) electrons. The normalized spacial score (nSPS) is 22.1. The molecule has 2 aliphatic heterocycles. The van der Waals surface area contributed by atoms with E-state index in [9.17, 15) is 9.59 Å². The van der Waals surface area contributed by atoms with Crippen molar-refractivity contribution < 1.29 is 9.59 Å². The number of piperidine rings is 1. The zero-order chi connectivity index (χ0) is 20.3. The summed E-state index contributed by atoms with van der Waals surface area (Å²) in [7, 11) is 0. The van der Waals surface area contributed by atoms with Gasteiger partial charge in [-0.05, 0) is 67.2 Å². The van der Waals surface area contributed by atoms with Crippen molar-refractivity contribution in [1.29, 1.82) is 0 Å². The average molecular weight is 402 g/mol. The van der Waals surface area contributed by atoms with E-state index in [1.54, 1.807) is 0 Å². The predicted molar refractivity (Wildman–Crippen MR) is 113 cm³/mol. The molecule has 2 aliphatic carbocycles. The molecule has 1 aromatic carbocycles. The van der Waals surface area contributed by atoms with Gasteiger partial charge in [0, 0.05) is 36.9 Å². The number of fused-ring (bicyclic) bond motifs is 2. The van der Waals surface area contributed by atoms with Gasteiger partial charge in [0.2, 0.25) is 0 Å². The highest BCUT2D eigenvalue weighted by atomic mass is 16.2. The molecule has 30 heavy (non-hydrogen) atoms. The van der Waals surface area contributed by atoms with E-state index in [0.29, 0.717) is 32.1 Å². The van der Waals surface area contributed by atoms with E-state index >= 15 is 0 Å². The van der Waals surface area contributed by atoms with Gasteiger partial charge < -0.3 is 4.90 Å². The maximum absolute atomic E-state index is 13.1. The minimum Gasteiger partial charge on any atom is -0.339 e. The fourth-order valence-corrected chi connectivity index (χ4v) is 5.59. The van der Waals surface area contributed by atoms with E-state index in [0.717, 1.165) is 54.5 Å². The minimum absolute atomic E-state index is 0.0149. The predicted octanol–water partition coefficient (Wildman–Crippen LogP) is 3.59. The van der Waals surface area contributed by atoms with Crippen molar-refractivity contribution in [3.05, 3.63) is 52.3 Å². The average Bonchev–Trinajstić information content (AvgIpc) is 3.33. The van der Waals surface area contributed by atoms with Crippen molar-refractivity contribution in [2.75, 3.05) is 13.1 Å². The van der Waals surface area contributed by atoms with Crippen LogP contribution in [0.2, 0.25) is 0 Å². The fraction of sp³-hybridized carbons (Fsp3) is 0.500. The van der Waals surface area contributed by atoms with Gasteiger partial charge in [-0.2, -0.15) is 5.10 Å². The molecule has 2 aromatic rings. The Morgan fingerprint density at radius 1 is 1.10 bits per heavy atom. The number of hydrogen-bond acceptors (Lipinski definition) is 4. The van der Waals surface area contributed by atoms with E-state index < -0.39 is 0 Å². The molecule has 0 unspecified atom stereocenters. The van der Waals surface area contributed by atoms with Crippen LogP contribution in [-0.4, -0.2) is 45.7 Å². The molecular weight excluding hydrogens is 376 g/mol. The lowest BCUT2D eigenvalue weighted by Gasteiger charge is -2.43. The molecule has 1 aromatic heterocycles. The lowest BCUT2D eigenvalue weighted by molar-refractivity contribution is 0.0515. The molecule has 1 saturated carbocycles. The first-order valence-electron chi connectivity index (χ1n) is 11.1. The Balaban J connectivity index is 1.17. The SMILES string of the molecule is O=C1CC2(CCN(C(=O)c3ccc4c(c3)C=NC4)CC2)Cc2cnn(C3CCC3)c21. The van der Waals surface area contributed by atoms with Gasteiger partial charge in [-0.3, -0.25) is 19.3 Å². The van der Waals surface area contributed by atoms with Gasteiger partial charge in [0.15, 0.2) is 5.78 Å². The molecule has 1 spiro atoms. The van der Waals surface area contributed by atoms with Crippen LogP contribution < -0.4 is 0 Å². The van der Waals surface area contributed by atoms with Crippen LogP contribution in [0.5, 0.6) is 0 Å². The third kappa shape index (κ3) is 2.76. The number of aromatic nitrogens is 2. The lowest BCUT2D eigenvalue weighted by atomic mass is 9.67. The van der Waals surface area contributed by atoms with Gasteiger partial charge >= 0.3 is 0 Å². The highest BCUT2D eigenvalue weighted by Crippen LogP contribution is 2.45. The van der Waals surface area contributed by atoms with Crippen LogP contribution in [0.1, 0.15) is 82.1 Å². The summed E-state index contributed by atoms with van der Waals surface area (Å²) in [5, 5.41) is 4.58. The standard InChI is InChI=1S/C24H26N4O2/c29-21-12-24(11-19-15-26-28(22(19)21)20-2-1-3-20)6-8-27(9-7-24)23(30)16-4-5-17-13-25-14-18(17)10-16/h4-5,10,14-15,20H,1-3,6-9,11-13H2. The van der Waals surface area contributed by atoms with Crippen LogP contribution >= 0.6 is 0 Å². The minimum atomic E-state index is -0.0149. The van der Waals surface area contributed by atoms with E-state index in [1.807, 2.05) is 40.2 Å². The van der Waals surface area contributed by atoms with Gasteiger partial charge in [-0.1, -0.05) is 6.07 Å². The Morgan fingerprint density at radius 2 is 1.93 bits per heavy atom. The summed E-state index contributed by atoms with van der Waals surface area (Å²) in [5.41, 5.74) is 4.95. The molecule has 4 aliphatic rings. The highest BCUT2D eigenvalue weighted by Gasteiger charge is 2.44. The molecule has 154 valence electrons. The largest absolute Gasteiger partial charge is 0.339 e. The number of carbonyl (C=O) groups is 2. The Morgan fingerprint density at radius 3 is 2.70 bits per heavy atom. The zero-order valence-electron chi connectivity index (χ0n) is 17.1. The number of nitrogens with zero attached hydrogens (tertiary/aromatic N) is 4. The zero-order valence-corrected chi connectivity index (χ0v) is 17.1. The van der Waals surface area contributed by atoms with Crippen molar-refractivity contribution in [3.8, 4) is 0 Å². The van der Waals surface area contributed by atoms with Crippen molar-refractivity contribution in [2.45, 2.75) is 57.5 Å². The first kappa shape index (κ1) is 18.0. The van der Waals surface area contributed by atoms with Gasteiger partial charge in [0.05, 0.1) is 18.8 Å². The Hall–Kier alpha value is -2.76. The highest BCUT2D eigenvalue weighted by molar-refractivity contribution is 5.98. The quantitative estimate of drug-likeness (QED) is 0.771. The van der Waals surface area contributed by atoms with Crippen molar-refractivity contribution in [3.63, 3.8) is 0 Å². The number of hydrogen-bond donors (Lipinski definition) is 0. The number of amides is 1. The van der Waals surface area contributed by atoms with Crippen LogP contribution in [-0.2, 0) is 13.0 Å². The van der Waals surface area contributed by atoms with Crippen LogP contribution in [0.15, 0.2) is 29.4 Å². The van der Waals surface area contributed by atoms with Crippen LogP contribution in [0.3, 0.4) is 0 Å². The molecule has 6 heteroatoms. The summed E-state index contributed by atoms with van der Waals surface area (Å²) in [6.07, 6.45) is 10.6. The van der Waals surface area contributed by atoms with E-state index in [4.69, 9.17) is 0 Å². The Labute approximate surface area is 176 Å². The number of rotatable bonds is 2. The smallest absolute Gasteiger partial charge is 0.253 e. The number of aliphatic imine (C=N–C) groups is 1. The second kappa shape index (κ2) is 6.62. The molecule has 0 atom stereocenters. The molecule has 1 saturated heterocycles. The Kier molecular flexibility index (Phi) is 3.98. The van der Waals surface area contributed by atoms with E-state index in [1.165, 1.54) is 12.0 Å². The second-order valence-corrected chi connectivity index (χ2v) is 9.50. The van der Waals surface area contributed by atoms with Crippen molar-refractivity contribution in [2.24, 2.45) is 10.4 Å². The maximum atomic E-state index is 13.1. The van der Waals surface area contributed by atoms with Crippen LogP contribution in [0.25, 0.3) is 0 Å². The summed E-state index contributed by atoms with van der Waals surface area (Å²) < 4.78 is 2.00. The number of Topliss-reactive ketones (excluding diaryl/α,β-unsaturated/α-hetero) is 1. The van der Waals surface area contributed by atoms with Gasteiger partial charge in [-0.15, -0.1) is 0 Å². The molecule has 3 heterocycles. The third-order valence-electron chi connectivity index (χ3n) is 7.65. The molecular formula is C24H26N4O2. The summed E-state index contributed by atoms with van der Waals surface area (Å²) in [5.74, 6) is 0.340. The first-order chi connectivity index (χ1) is 14.6. The lowest BCUT2D eigenvalue weighted by Crippen LogP contribution is -2.46. The summed E-state index contributed by atoms with van der Waals surface area (Å²) in [6.45, 7) is 2.14. The molecule has 1 amide bonds. The Bertz CT molecular complexity index is 1070. The van der Waals surface area contributed by atoms with E-state index in [-0.39, 0.29) is 17.1 Å². The number of ketones is 1. The summed E-state index contributed by atoms with van der Waals surface area (Å²) in [6, 6.07) is 6.32. The van der Waals surface area contributed by atoms with Crippen molar-refractivity contribution >= 4 is 17.9 Å². The second-order valence-electron chi connectivity index (χ2n) is 9.50. The summed E-state index contributed by atoms with van der Waals surface area (Å²) >= 11 is 0. The number of benzene rings is 1. The molecule has 0 bridgehead atoms.